The van der Waals surface area contributed by atoms with E-state index >= 15 is 0 Å². The molecule has 1 N–H and O–H groups in total. The summed E-state index contributed by atoms with van der Waals surface area (Å²) in [5.74, 6) is 0.344. The monoisotopic (exact) mass is 375 g/mol. The molecule has 0 aliphatic heterocycles. The van der Waals surface area contributed by atoms with E-state index in [-0.39, 0.29) is 10.8 Å². The van der Waals surface area contributed by atoms with Gasteiger partial charge in [-0.1, -0.05) is 17.7 Å². The molecule has 1 aromatic carbocycles. The van der Waals surface area contributed by atoms with E-state index in [1.807, 2.05) is 24.3 Å². The van der Waals surface area contributed by atoms with E-state index in [0.717, 1.165) is 9.26 Å². The molecule has 0 amide bonds. The van der Waals surface area contributed by atoms with Crippen molar-refractivity contribution < 1.29 is 4.92 Å². The van der Waals surface area contributed by atoms with E-state index in [0.29, 0.717) is 5.82 Å². The highest BCUT2D eigenvalue weighted by Crippen LogP contribution is 2.23. The van der Waals surface area contributed by atoms with Crippen LogP contribution in [0.5, 0.6) is 0 Å². The molecule has 92 valence electrons. The Bertz CT molecular complexity index is 607. The summed E-state index contributed by atoms with van der Waals surface area (Å²) < 4.78 is 1.05. The SMILES string of the molecule is O=[N+]([O-])c1cc(Cl)nc(Nc2cccc(I)c2)c1. The average Bonchev–Trinajstić information content (AvgIpc) is 2.28. The Morgan fingerprint density at radius 1 is 1.33 bits per heavy atom. The summed E-state index contributed by atoms with van der Waals surface area (Å²) >= 11 is 7.91. The van der Waals surface area contributed by atoms with Gasteiger partial charge in [-0.25, -0.2) is 4.98 Å². The highest BCUT2D eigenvalue weighted by Gasteiger charge is 2.10. The van der Waals surface area contributed by atoms with Crippen molar-refractivity contribution in [3.05, 3.63) is 55.2 Å². The Hall–Kier alpha value is -1.41. The lowest BCUT2D eigenvalue weighted by Gasteiger charge is -2.06. The molecular weight excluding hydrogens is 368 g/mol. The van der Waals surface area contributed by atoms with Crippen LogP contribution in [-0.2, 0) is 0 Å². The number of benzene rings is 1. The van der Waals surface area contributed by atoms with Crippen molar-refractivity contribution in [3.8, 4) is 0 Å². The third kappa shape index (κ3) is 3.30. The number of hydrogen-bond acceptors (Lipinski definition) is 4. The number of rotatable bonds is 3. The molecule has 0 spiro atoms. The molecule has 0 radical (unpaired) electrons. The van der Waals surface area contributed by atoms with E-state index in [1.54, 1.807) is 0 Å². The van der Waals surface area contributed by atoms with Crippen LogP contribution in [0, 0.1) is 13.7 Å². The fourth-order valence-corrected chi connectivity index (χ4v) is 2.11. The fourth-order valence-electron chi connectivity index (χ4n) is 1.37. The van der Waals surface area contributed by atoms with Gasteiger partial charge in [0.2, 0.25) is 0 Å². The lowest BCUT2D eigenvalue weighted by molar-refractivity contribution is -0.384. The number of halogens is 2. The smallest absolute Gasteiger partial charge is 0.276 e. The first-order valence-corrected chi connectivity index (χ1v) is 6.35. The molecule has 2 rings (SSSR count). The number of pyridine rings is 1. The molecule has 18 heavy (non-hydrogen) atoms. The molecule has 7 heteroatoms. The zero-order valence-corrected chi connectivity index (χ0v) is 11.8. The summed E-state index contributed by atoms with van der Waals surface area (Å²) in [5.41, 5.74) is 0.703. The van der Waals surface area contributed by atoms with Gasteiger partial charge < -0.3 is 5.32 Å². The molecule has 0 saturated carbocycles. The molecule has 0 bridgehead atoms. The highest BCUT2D eigenvalue weighted by molar-refractivity contribution is 14.1. The lowest BCUT2D eigenvalue weighted by atomic mass is 10.3. The van der Waals surface area contributed by atoms with Gasteiger partial charge in [-0.2, -0.15) is 0 Å². The predicted molar refractivity (Wildman–Crippen MR) is 78.3 cm³/mol. The van der Waals surface area contributed by atoms with Crippen LogP contribution in [0.25, 0.3) is 0 Å². The second kappa shape index (κ2) is 5.49. The highest BCUT2D eigenvalue weighted by atomic mass is 127. The predicted octanol–water partition coefficient (Wildman–Crippen LogP) is 3.99. The summed E-state index contributed by atoms with van der Waals surface area (Å²) in [6, 6.07) is 10.1. The summed E-state index contributed by atoms with van der Waals surface area (Å²) in [4.78, 5) is 14.2. The maximum absolute atomic E-state index is 10.7. The van der Waals surface area contributed by atoms with Crippen LogP contribution >= 0.6 is 34.2 Å². The fraction of sp³-hybridized carbons (Fsp3) is 0. The van der Waals surface area contributed by atoms with Crippen LogP contribution in [0.15, 0.2) is 36.4 Å². The maximum Gasteiger partial charge on any atom is 0.276 e. The number of nitrogens with one attached hydrogen (secondary N) is 1. The van der Waals surface area contributed by atoms with Gasteiger partial charge in [0.15, 0.2) is 0 Å². The van der Waals surface area contributed by atoms with Crippen LogP contribution in [-0.4, -0.2) is 9.91 Å². The quantitative estimate of drug-likeness (QED) is 0.381. The molecule has 0 aliphatic rings. The van der Waals surface area contributed by atoms with Crippen LogP contribution in [0.3, 0.4) is 0 Å². The second-order valence-electron chi connectivity index (χ2n) is 3.43. The molecule has 0 atom stereocenters. The number of hydrogen-bond donors (Lipinski definition) is 1. The van der Waals surface area contributed by atoms with Gasteiger partial charge >= 0.3 is 0 Å². The molecule has 0 unspecified atom stereocenters. The van der Waals surface area contributed by atoms with Crippen molar-refractivity contribution >= 4 is 51.4 Å². The van der Waals surface area contributed by atoms with E-state index < -0.39 is 4.92 Å². The Morgan fingerprint density at radius 2 is 2.11 bits per heavy atom. The number of anilines is 2. The Labute approximate surface area is 121 Å². The molecule has 0 aliphatic carbocycles. The van der Waals surface area contributed by atoms with Crippen molar-refractivity contribution in [1.29, 1.82) is 0 Å². The summed E-state index contributed by atoms with van der Waals surface area (Å²) in [6.45, 7) is 0. The van der Waals surface area contributed by atoms with E-state index in [9.17, 15) is 10.1 Å². The lowest BCUT2D eigenvalue weighted by Crippen LogP contribution is -1.96. The Morgan fingerprint density at radius 3 is 2.78 bits per heavy atom. The molecule has 5 nitrogen and oxygen atoms in total. The third-order valence-corrected chi connectivity index (χ3v) is 2.95. The van der Waals surface area contributed by atoms with Crippen LogP contribution in [0.4, 0.5) is 17.2 Å². The van der Waals surface area contributed by atoms with Crippen molar-refractivity contribution in [2.45, 2.75) is 0 Å². The van der Waals surface area contributed by atoms with Gasteiger partial charge in [0, 0.05) is 9.26 Å². The normalized spacial score (nSPS) is 10.1. The maximum atomic E-state index is 10.7. The number of nitro groups is 1. The van der Waals surface area contributed by atoms with Crippen molar-refractivity contribution in [1.82, 2.24) is 4.98 Å². The summed E-state index contributed by atoms with van der Waals surface area (Å²) in [5, 5.41) is 13.8. The second-order valence-corrected chi connectivity index (χ2v) is 5.06. The summed E-state index contributed by atoms with van der Waals surface area (Å²) in [7, 11) is 0. The molecule has 1 aromatic heterocycles. The average molecular weight is 376 g/mol. The van der Waals surface area contributed by atoms with E-state index in [1.165, 1.54) is 12.1 Å². The van der Waals surface area contributed by atoms with Crippen molar-refractivity contribution in [3.63, 3.8) is 0 Å². The van der Waals surface area contributed by atoms with Crippen LogP contribution < -0.4 is 5.32 Å². The van der Waals surface area contributed by atoms with Crippen LogP contribution in [0.1, 0.15) is 0 Å². The van der Waals surface area contributed by atoms with Crippen LogP contribution in [0.2, 0.25) is 5.15 Å². The summed E-state index contributed by atoms with van der Waals surface area (Å²) in [6.07, 6.45) is 0. The van der Waals surface area contributed by atoms with Gasteiger partial charge in [0.1, 0.15) is 11.0 Å². The molecule has 1 heterocycles. The molecule has 2 aromatic rings. The van der Waals surface area contributed by atoms with Gasteiger partial charge in [0.25, 0.3) is 5.69 Å². The minimum absolute atomic E-state index is 0.0809. The zero-order chi connectivity index (χ0) is 13.1. The topological polar surface area (TPSA) is 68.1 Å². The first kappa shape index (κ1) is 13.0. The van der Waals surface area contributed by atoms with Gasteiger partial charge in [0.05, 0.1) is 17.1 Å². The molecule has 0 saturated heterocycles. The zero-order valence-electron chi connectivity index (χ0n) is 8.93. The first-order valence-electron chi connectivity index (χ1n) is 4.89. The van der Waals surface area contributed by atoms with E-state index in [4.69, 9.17) is 11.6 Å². The van der Waals surface area contributed by atoms with Gasteiger partial charge in [-0.15, -0.1) is 0 Å². The number of nitrogens with zero attached hydrogens (tertiary/aromatic N) is 2. The molecular formula is C11H7ClIN3O2. The standard InChI is InChI=1S/C11H7ClIN3O2/c12-10-5-9(16(17)18)6-11(15-10)14-8-3-1-2-7(13)4-8/h1-6H,(H,14,15). The van der Waals surface area contributed by atoms with Gasteiger partial charge in [-0.3, -0.25) is 10.1 Å². The minimum Gasteiger partial charge on any atom is -0.340 e. The Kier molecular flexibility index (Phi) is 3.97. The molecule has 0 fully saturated rings. The van der Waals surface area contributed by atoms with Gasteiger partial charge in [-0.05, 0) is 40.8 Å². The number of aromatic nitrogens is 1. The Balaban J connectivity index is 2.31. The van der Waals surface area contributed by atoms with E-state index in [2.05, 4.69) is 32.9 Å². The van der Waals surface area contributed by atoms with Crippen molar-refractivity contribution in [2.75, 3.05) is 5.32 Å². The minimum atomic E-state index is -0.506. The third-order valence-electron chi connectivity index (χ3n) is 2.09. The largest absolute Gasteiger partial charge is 0.340 e. The van der Waals surface area contributed by atoms with Crippen molar-refractivity contribution in [2.24, 2.45) is 0 Å². The first-order chi connectivity index (χ1) is 8.54.